The van der Waals surface area contributed by atoms with Crippen LogP contribution >= 0.6 is 0 Å². The Hall–Kier alpha value is -3.73. The number of benzene rings is 2. The van der Waals surface area contributed by atoms with Gasteiger partial charge in [0.2, 0.25) is 5.78 Å². The molecule has 8 heteroatoms. The lowest BCUT2D eigenvalue weighted by atomic mass is 10.0. The summed E-state index contributed by atoms with van der Waals surface area (Å²) >= 11 is 0. The normalized spacial score (nSPS) is 10.4. The molecule has 0 aliphatic carbocycles. The molecule has 0 bridgehead atoms. The van der Waals surface area contributed by atoms with Crippen LogP contribution in [-0.4, -0.2) is 10.8 Å². The molecule has 0 N–H and O–H groups in total. The summed E-state index contributed by atoms with van der Waals surface area (Å²) in [4.78, 5) is 15.6. The van der Waals surface area contributed by atoms with Crippen molar-refractivity contribution in [2.75, 3.05) is 0 Å². The van der Waals surface area contributed by atoms with Gasteiger partial charge in [0.05, 0.1) is 23.4 Å². The monoisotopic (exact) mass is 416 g/mol. The van der Waals surface area contributed by atoms with Gasteiger partial charge < -0.3 is 4.74 Å². The summed E-state index contributed by atoms with van der Waals surface area (Å²) in [6.45, 7) is 4.00. The lowest BCUT2D eigenvalue weighted by Gasteiger charge is -2.15. The van der Waals surface area contributed by atoms with Gasteiger partial charge in [0.15, 0.2) is 0 Å². The van der Waals surface area contributed by atoms with Crippen LogP contribution in [0.1, 0.15) is 35.5 Å². The number of rotatable bonds is 5. The van der Waals surface area contributed by atoms with Gasteiger partial charge in [-0.2, -0.15) is 14.0 Å². The van der Waals surface area contributed by atoms with Gasteiger partial charge in [-0.3, -0.25) is 9.78 Å². The topological polar surface area (TPSA) is 63.0 Å². The number of hydrogen-bond acceptors (Lipinski definition) is 4. The van der Waals surface area contributed by atoms with E-state index in [4.69, 9.17) is 10.00 Å². The van der Waals surface area contributed by atoms with Crippen LogP contribution in [-0.2, 0) is 5.92 Å². The van der Waals surface area contributed by atoms with Crippen molar-refractivity contribution in [3.05, 3.63) is 89.2 Å². The van der Waals surface area contributed by atoms with E-state index in [1.54, 1.807) is 0 Å². The Morgan fingerprint density at radius 2 is 1.63 bits per heavy atom. The minimum atomic E-state index is -4.12. The maximum Gasteiger partial charge on any atom is 0.351 e. The number of pyridine rings is 1. The predicted octanol–water partition coefficient (Wildman–Crippen LogP) is 6.02. The van der Waals surface area contributed by atoms with Crippen LogP contribution in [0, 0.1) is 23.0 Å². The van der Waals surface area contributed by atoms with Crippen molar-refractivity contribution < 1.29 is 27.1 Å². The van der Waals surface area contributed by atoms with Crippen LogP contribution < -0.4 is 4.74 Å². The molecule has 0 aliphatic rings. The number of nitriles is 1. The third kappa shape index (κ3) is 5.00. The van der Waals surface area contributed by atoms with Gasteiger partial charge in [0, 0.05) is 6.07 Å². The number of aromatic nitrogens is 1. The van der Waals surface area contributed by atoms with Crippen molar-refractivity contribution >= 4 is 5.78 Å². The van der Waals surface area contributed by atoms with Gasteiger partial charge in [-0.05, 0) is 48.5 Å². The Kier molecular flexibility index (Phi) is 7.26. The first-order chi connectivity index (χ1) is 14.3. The molecule has 30 heavy (non-hydrogen) atoms. The molecule has 2 aromatic carbocycles. The summed E-state index contributed by atoms with van der Waals surface area (Å²) in [5, 5.41) is 8.74. The summed E-state index contributed by atoms with van der Waals surface area (Å²) < 4.78 is 60.8. The second-order valence-corrected chi connectivity index (χ2v) is 5.65. The van der Waals surface area contributed by atoms with Gasteiger partial charge in [-0.15, -0.1) is 0 Å². The first-order valence-corrected chi connectivity index (χ1v) is 8.83. The molecule has 0 saturated carbocycles. The summed E-state index contributed by atoms with van der Waals surface area (Å²) in [5.74, 6) is -7.86. The van der Waals surface area contributed by atoms with Crippen LogP contribution in [0.5, 0.6) is 11.5 Å². The zero-order chi connectivity index (χ0) is 22.3. The summed E-state index contributed by atoms with van der Waals surface area (Å²) in [6, 6.07) is 11.8. The largest absolute Gasteiger partial charge is 0.456 e. The van der Waals surface area contributed by atoms with E-state index in [0.717, 1.165) is 12.3 Å². The summed E-state index contributed by atoms with van der Waals surface area (Å²) in [5.41, 5.74) is -1.42. The fourth-order valence-electron chi connectivity index (χ4n) is 2.32. The molecule has 0 saturated heterocycles. The molecule has 1 heterocycles. The maximum atomic E-state index is 14.4. The fourth-order valence-corrected chi connectivity index (χ4v) is 2.32. The summed E-state index contributed by atoms with van der Waals surface area (Å²) in [6.07, 6.45) is 0.982. The van der Waals surface area contributed by atoms with Crippen LogP contribution in [0.25, 0.3) is 0 Å². The molecule has 0 amide bonds. The highest BCUT2D eigenvalue weighted by atomic mass is 19.3. The zero-order valence-corrected chi connectivity index (χ0v) is 16.0. The molecule has 1 aromatic heterocycles. The first-order valence-electron chi connectivity index (χ1n) is 8.83. The molecule has 0 unspecified atom stereocenters. The molecule has 0 spiro atoms. The average molecular weight is 416 g/mol. The number of alkyl halides is 2. The van der Waals surface area contributed by atoms with Crippen LogP contribution in [0.3, 0.4) is 0 Å². The molecule has 154 valence electrons. The second kappa shape index (κ2) is 9.65. The number of hydrogen-bond donors (Lipinski definition) is 0. The van der Waals surface area contributed by atoms with E-state index in [2.05, 4.69) is 4.98 Å². The number of ketones is 1. The molecule has 0 fully saturated rings. The Balaban J connectivity index is 0.00000155. The number of carbonyl (C=O) groups excluding carboxylic acids is 1. The Labute approximate surface area is 170 Å². The third-order valence-corrected chi connectivity index (χ3v) is 3.74. The molecular weight excluding hydrogens is 400 g/mol. The first kappa shape index (κ1) is 22.6. The van der Waals surface area contributed by atoms with Gasteiger partial charge in [-0.1, -0.05) is 13.8 Å². The molecule has 3 rings (SSSR count). The zero-order valence-electron chi connectivity index (χ0n) is 16.0. The van der Waals surface area contributed by atoms with E-state index in [1.807, 2.05) is 19.9 Å². The SMILES string of the molecule is CC.N#Cc1ccc(Oc2ccc(C(F)(F)C(=O)c3ccc(F)cc3F)nc2)cc1. The maximum absolute atomic E-state index is 14.4. The number of halogens is 4. The van der Waals surface area contributed by atoms with Crippen LogP contribution in [0.4, 0.5) is 17.6 Å². The van der Waals surface area contributed by atoms with Crippen molar-refractivity contribution in [2.45, 2.75) is 19.8 Å². The van der Waals surface area contributed by atoms with E-state index in [0.29, 0.717) is 29.5 Å². The number of ether oxygens (including phenoxy) is 1. The smallest absolute Gasteiger partial charge is 0.351 e. The highest BCUT2D eigenvalue weighted by Gasteiger charge is 2.44. The van der Waals surface area contributed by atoms with E-state index in [9.17, 15) is 22.4 Å². The number of carbonyl (C=O) groups is 1. The number of nitrogens with zero attached hydrogens (tertiary/aromatic N) is 2. The van der Waals surface area contributed by atoms with E-state index >= 15 is 0 Å². The minimum Gasteiger partial charge on any atom is -0.456 e. The van der Waals surface area contributed by atoms with Crippen LogP contribution in [0.15, 0.2) is 60.8 Å². The van der Waals surface area contributed by atoms with Gasteiger partial charge >= 0.3 is 5.92 Å². The lowest BCUT2D eigenvalue weighted by Crippen LogP contribution is -2.28. The molecule has 0 atom stereocenters. The van der Waals surface area contributed by atoms with Gasteiger partial charge in [0.25, 0.3) is 0 Å². The Morgan fingerprint density at radius 3 is 2.17 bits per heavy atom. The lowest BCUT2D eigenvalue weighted by molar-refractivity contribution is 0.00422. The van der Waals surface area contributed by atoms with E-state index in [1.165, 1.54) is 30.3 Å². The second-order valence-electron chi connectivity index (χ2n) is 5.65. The Morgan fingerprint density at radius 1 is 1.00 bits per heavy atom. The summed E-state index contributed by atoms with van der Waals surface area (Å²) in [7, 11) is 0. The molecule has 0 radical (unpaired) electrons. The predicted molar refractivity (Wildman–Crippen MR) is 101 cm³/mol. The van der Waals surface area contributed by atoms with E-state index < -0.39 is 34.6 Å². The average Bonchev–Trinajstić information content (AvgIpc) is 2.76. The highest BCUT2D eigenvalue weighted by molar-refractivity contribution is 6.01. The van der Waals surface area contributed by atoms with Crippen molar-refractivity contribution in [3.63, 3.8) is 0 Å². The molecule has 3 aromatic rings. The van der Waals surface area contributed by atoms with Crippen molar-refractivity contribution in [3.8, 4) is 17.6 Å². The number of Topliss-reactive ketones (excluding diaryl/α,β-unsaturated/α-hetero) is 1. The standard InChI is InChI=1S/C20H10F4N2O2.C2H6/c21-13-3-7-16(17(22)9-13)19(27)20(23,24)18-8-6-15(11-26-18)28-14-4-1-12(10-25)2-5-14;1-2/h1-9,11H;1-2H3. The van der Waals surface area contributed by atoms with E-state index in [-0.39, 0.29) is 5.75 Å². The highest BCUT2D eigenvalue weighted by Crippen LogP contribution is 2.33. The van der Waals surface area contributed by atoms with Crippen molar-refractivity contribution in [1.29, 1.82) is 5.26 Å². The molecule has 4 nitrogen and oxygen atoms in total. The van der Waals surface area contributed by atoms with Crippen molar-refractivity contribution in [2.24, 2.45) is 0 Å². The van der Waals surface area contributed by atoms with Gasteiger partial charge in [-0.25, -0.2) is 8.78 Å². The minimum absolute atomic E-state index is 0.115. The fraction of sp³-hybridized carbons (Fsp3) is 0.136. The van der Waals surface area contributed by atoms with Crippen molar-refractivity contribution in [1.82, 2.24) is 4.98 Å². The van der Waals surface area contributed by atoms with Crippen LogP contribution in [0.2, 0.25) is 0 Å². The molecular formula is C22H16F4N2O2. The van der Waals surface area contributed by atoms with Gasteiger partial charge in [0.1, 0.15) is 28.8 Å². The quantitative estimate of drug-likeness (QED) is 0.377. The third-order valence-electron chi connectivity index (χ3n) is 3.74. The Bertz CT molecular complexity index is 1060. The molecule has 0 aliphatic heterocycles.